The van der Waals surface area contributed by atoms with Gasteiger partial charge in [0.1, 0.15) is 11.6 Å². The molecule has 0 heterocycles. The molecule has 1 aromatic carbocycles. The summed E-state index contributed by atoms with van der Waals surface area (Å²) in [6, 6.07) is 3.97. The molecule has 0 aromatic heterocycles. The third-order valence-corrected chi connectivity index (χ3v) is 4.57. The zero-order valence-electron chi connectivity index (χ0n) is 12.9. The van der Waals surface area contributed by atoms with Crippen molar-refractivity contribution < 1.29 is 8.78 Å². The van der Waals surface area contributed by atoms with Gasteiger partial charge in [0.25, 0.3) is 0 Å². The minimum Gasteiger partial charge on any atom is -0.311 e. The van der Waals surface area contributed by atoms with E-state index in [1.165, 1.54) is 12.1 Å². The molecule has 0 spiro atoms. The lowest BCUT2D eigenvalue weighted by atomic mass is 9.72. The lowest BCUT2D eigenvalue weighted by Gasteiger charge is -2.37. The molecule has 0 aliphatic heterocycles. The van der Waals surface area contributed by atoms with Crippen molar-refractivity contribution in [2.75, 3.05) is 6.54 Å². The highest BCUT2D eigenvalue weighted by Crippen LogP contribution is 2.45. The summed E-state index contributed by atoms with van der Waals surface area (Å²) in [5.74, 6) is -0.526. The van der Waals surface area contributed by atoms with Crippen molar-refractivity contribution in [1.82, 2.24) is 5.32 Å². The van der Waals surface area contributed by atoms with Gasteiger partial charge in [-0.3, -0.25) is 0 Å². The number of rotatable bonds is 3. The van der Waals surface area contributed by atoms with E-state index in [1.54, 1.807) is 0 Å². The van der Waals surface area contributed by atoms with Crippen molar-refractivity contribution >= 4 is 0 Å². The van der Waals surface area contributed by atoms with Crippen molar-refractivity contribution in [3.05, 3.63) is 35.4 Å². The predicted molar refractivity (Wildman–Crippen MR) is 78.8 cm³/mol. The van der Waals surface area contributed by atoms with E-state index in [-0.39, 0.29) is 11.0 Å². The molecule has 2 atom stereocenters. The standard InChI is InChI=1S/C17H25F2N/c1-12-6-5-7-17(12,11-20-16(2,3)4)13-8-14(18)10-15(19)9-13/h8-10,12,20H,5-7,11H2,1-4H3. The van der Waals surface area contributed by atoms with E-state index in [9.17, 15) is 8.78 Å². The van der Waals surface area contributed by atoms with Crippen molar-refractivity contribution in [2.24, 2.45) is 5.92 Å². The highest BCUT2D eigenvalue weighted by atomic mass is 19.1. The van der Waals surface area contributed by atoms with Gasteiger partial charge in [-0.1, -0.05) is 13.3 Å². The highest BCUT2D eigenvalue weighted by molar-refractivity contribution is 5.30. The number of halogens is 2. The highest BCUT2D eigenvalue weighted by Gasteiger charge is 2.42. The number of benzene rings is 1. The fraction of sp³-hybridized carbons (Fsp3) is 0.647. The summed E-state index contributed by atoms with van der Waals surface area (Å²) < 4.78 is 27.2. The van der Waals surface area contributed by atoms with Gasteiger partial charge in [-0.25, -0.2) is 8.78 Å². The molecule has 1 nitrogen and oxygen atoms in total. The summed E-state index contributed by atoms with van der Waals surface area (Å²) in [6.45, 7) is 9.31. The number of hydrogen-bond donors (Lipinski definition) is 1. The lowest BCUT2D eigenvalue weighted by Crippen LogP contribution is -2.47. The predicted octanol–water partition coefficient (Wildman–Crippen LogP) is 4.41. The van der Waals surface area contributed by atoms with Crippen LogP contribution >= 0.6 is 0 Å². The molecule has 3 heteroatoms. The van der Waals surface area contributed by atoms with E-state index in [4.69, 9.17) is 0 Å². The first-order chi connectivity index (χ1) is 9.23. The molecule has 0 radical (unpaired) electrons. The van der Waals surface area contributed by atoms with Crippen molar-refractivity contribution in [3.63, 3.8) is 0 Å². The molecule has 1 N–H and O–H groups in total. The summed E-state index contributed by atoms with van der Waals surface area (Å²) in [6.07, 6.45) is 3.22. The Morgan fingerprint density at radius 3 is 2.25 bits per heavy atom. The summed E-state index contributed by atoms with van der Waals surface area (Å²) in [5, 5.41) is 3.53. The second-order valence-corrected chi connectivity index (χ2v) is 7.21. The Hall–Kier alpha value is -0.960. The Morgan fingerprint density at radius 2 is 1.80 bits per heavy atom. The van der Waals surface area contributed by atoms with E-state index in [0.717, 1.165) is 37.4 Å². The van der Waals surface area contributed by atoms with E-state index >= 15 is 0 Å². The second kappa shape index (κ2) is 5.44. The molecular weight excluding hydrogens is 256 g/mol. The summed E-state index contributed by atoms with van der Waals surface area (Å²) in [7, 11) is 0. The van der Waals surface area contributed by atoms with Crippen LogP contribution in [0.4, 0.5) is 8.78 Å². The molecule has 112 valence electrons. The van der Waals surface area contributed by atoms with Crippen LogP contribution in [0.2, 0.25) is 0 Å². The van der Waals surface area contributed by atoms with Crippen LogP contribution < -0.4 is 5.32 Å². The van der Waals surface area contributed by atoms with Crippen LogP contribution in [0.25, 0.3) is 0 Å². The molecule has 20 heavy (non-hydrogen) atoms. The zero-order chi connectivity index (χ0) is 15.0. The Balaban J connectivity index is 2.36. The van der Waals surface area contributed by atoms with Crippen LogP contribution in [0.15, 0.2) is 18.2 Å². The fourth-order valence-corrected chi connectivity index (χ4v) is 3.30. The van der Waals surface area contributed by atoms with Crippen LogP contribution in [0.5, 0.6) is 0 Å². The molecular formula is C17H25F2N. The number of hydrogen-bond acceptors (Lipinski definition) is 1. The van der Waals surface area contributed by atoms with Gasteiger partial charge >= 0.3 is 0 Å². The van der Waals surface area contributed by atoms with Crippen molar-refractivity contribution in [3.8, 4) is 0 Å². The van der Waals surface area contributed by atoms with Crippen LogP contribution in [-0.4, -0.2) is 12.1 Å². The third kappa shape index (κ3) is 3.20. The van der Waals surface area contributed by atoms with Crippen molar-refractivity contribution in [2.45, 2.75) is 57.9 Å². The first-order valence-corrected chi connectivity index (χ1v) is 7.44. The quantitative estimate of drug-likeness (QED) is 0.865. The molecule has 1 aromatic rings. The first kappa shape index (κ1) is 15.4. The summed E-state index contributed by atoms with van der Waals surface area (Å²) >= 11 is 0. The Labute approximate surface area is 120 Å². The molecule has 1 fully saturated rings. The SMILES string of the molecule is CC1CCCC1(CNC(C)(C)C)c1cc(F)cc(F)c1. The molecule has 0 bridgehead atoms. The summed E-state index contributed by atoms with van der Waals surface area (Å²) in [4.78, 5) is 0. The van der Waals surface area contributed by atoms with E-state index < -0.39 is 11.6 Å². The minimum atomic E-state index is -0.478. The first-order valence-electron chi connectivity index (χ1n) is 7.44. The average molecular weight is 281 g/mol. The van der Waals surface area contributed by atoms with Crippen molar-refractivity contribution in [1.29, 1.82) is 0 Å². The largest absolute Gasteiger partial charge is 0.311 e. The monoisotopic (exact) mass is 281 g/mol. The molecule has 2 unspecified atom stereocenters. The van der Waals surface area contributed by atoms with Gasteiger partial charge in [0.15, 0.2) is 0 Å². The fourth-order valence-electron chi connectivity index (χ4n) is 3.30. The zero-order valence-corrected chi connectivity index (χ0v) is 12.9. The average Bonchev–Trinajstić information content (AvgIpc) is 2.67. The van der Waals surface area contributed by atoms with Gasteiger partial charge in [0.2, 0.25) is 0 Å². The normalized spacial score (nSPS) is 27.0. The van der Waals surface area contributed by atoms with E-state index in [2.05, 4.69) is 33.0 Å². The molecule has 1 aliphatic rings. The van der Waals surface area contributed by atoms with Crippen LogP contribution in [0.3, 0.4) is 0 Å². The van der Waals surface area contributed by atoms with E-state index in [1.807, 2.05) is 0 Å². The third-order valence-electron chi connectivity index (χ3n) is 4.57. The van der Waals surface area contributed by atoms with Gasteiger partial charge in [-0.05, 0) is 57.2 Å². The minimum absolute atomic E-state index is 0.00117. The topological polar surface area (TPSA) is 12.0 Å². The number of nitrogens with one attached hydrogen (secondary N) is 1. The van der Waals surface area contributed by atoms with Gasteiger partial charge < -0.3 is 5.32 Å². The molecule has 0 amide bonds. The second-order valence-electron chi connectivity index (χ2n) is 7.21. The lowest BCUT2D eigenvalue weighted by molar-refractivity contribution is 0.278. The Kier molecular flexibility index (Phi) is 4.19. The molecule has 0 saturated heterocycles. The maximum Gasteiger partial charge on any atom is 0.126 e. The smallest absolute Gasteiger partial charge is 0.126 e. The van der Waals surface area contributed by atoms with Crippen LogP contribution in [0.1, 0.15) is 52.5 Å². The van der Waals surface area contributed by atoms with Gasteiger partial charge in [-0.2, -0.15) is 0 Å². The van der Waals surface area contributed by atoms with E-state index in [0.29, 0.717) is 5.92 Å². The van der Waals surface area contributed by atoms with Crippen LogP contribution in [0, 0.1) is 17.6 Å². The maximum atomic E-state index is 13.6. The Bertz CT molecular complexity index is 458. The van der Waals surface area contributed by atoms with Gasteiger partial charge in [0.05, 0.1) is 0 Å². The maximum absolute atomic E-state index is 13.6. The van der Waals surface area contributed by atoms with Crippen LogP contribution in [-0.2, 0) is 5.41 Å². The molecule has 2 rings (SSSR count). The van der Waals surface area contributed by atoms with Gasteiger partial charge in [0, 0.05) is 23.6 Å². The molecule has 1 aliphatic carbocycles. The Morgan fingerprint density at radius 1 is 1.20 bits per heavy atom. The van der Waals surface area contributed by atoms with Gasteiger partial charge in [-0.15, -0.1) is 0 Å². The molecule has 1 saturated carbocycles. The summed E-state index contributed by atoms with van der Waals surface area (Å²) in [5.41, 5.74) is 0.647.